The molecule has 0 saturated carbocycles. The van der Waals surface area contributed by atoms with Crippen molar-refractivity contribution in [1.29, 1.82) is 0 Å². The van der Waals surface area contributed by atoms with Crippen LogP contribution in [0.2, 0.25) is 0 Å². The van der Waals surface area contributed by atoms with Gasteiger partial charge in [-0.1, -0.05) is 18.2 Å². The second-order valence-corrected chi connectivity index (χ2v) is 4.66. The van der Waals surface area contributed by atoms with Crippen molar-refractivity contribution in [3.05, 3.63) is 53.9 Å². The number of aromatic nitrogens is 2. The zero-order chi connectivity index (χ0) is 14.6. The number of benzene rings is 1. The molecule has 0 radical (unpaired) electrons. The van der Waals surface area contributed by atoms with Crippen LogP contribution in [0.25, 0.3) is 0 Å². The molecule has 0 aliphatic heterocycles. The molecule has 1 unspecified atom stereocenters. The first-order valence-corrected chi connectivity index (χ1v) is 6.32. The summed E-state index contributed by atoms with van der Waals surface area (Å²) in [5.74, 6) is 0. The van der Waals surface area contributed by atoms with E-state index in [0.29, 0.717) is 6.54 Å². The molecule has 1 aromatic carbocycles. The van der Waals surface area contributed by atoms with E-state index in [1.54, 1.807) is 16.9 Å². The van der Waals surface area contributed by atoms with E-state index in [0.717, 1.165) is 6.07 Å². The Morgan fingerprint density at radius 1 is 1.25 bits per heavy atom. The number of rotatable bonds is 5. The van der Waals surface area contributed by atoms with Gasteiger partial charge in [-0.3, -0.25) is 4.68 Å². The Labute approximate surface area is 115 Å². The highest BCUT2D eigenvalue weighted by Gasteiger charge is 2.32. The molecule has 108 valence electrons. The first-order valence-electron chi connectivity index (χ1n) is 6.32. The van der Waals surface area contributed by atoms with E-state index in [-0.39, 0.29) is 18.2 Å². The van der Waals surface area contributed by atoms with Crippen LogP contribution < -0.4 is 5.32 Å². The largest absolute Gasteiger partial charge is 0.416 e. The minimum Gasteiger partial charge on any atom is -0.308 e. The van der Waals surface area contributed by atoms with E-state index in [1.165, 1.54) is 12.1 Å². The predicted molar refractivity (Wildman–Crippen MR) is 70.0 cm³/mol. The smallest absolute Gasteiger partial charge is 0.308 e. The van der Waals surface area contributed by atoms with Crippen molar-refractivity contribution in [2.45, 2.75) is 32.2 Å². The van der Waals surface area contributed by atoms with Crippen LogP contribution in [0.1, 0.15) is 18.1 Å². The molecule has 3 nitrogen and oxygen atoms in total. The summed E-state index contributed by atoms with van der Waals surface area (Å²) in [6.07, 6.45) is -0.822. The van der Waals surface area contributed by atoms with Gasteiger partial charge in [0.15, 0.2) is 0 Å². The molecule has 1 N–H and O–H groups in total. The fraction of sp³-hybridized carbons (Fsp3) is 0.357. The van der Waals surface area contributed by atoms with Crippen LogP contribution >= 0.6 is 0 Å². The summed E-state index contributed by atoms with van der Waals surface area (Å²) in [4.78, 5) is 0. The normalized spacial score (nSPS) is 13.4. The van der Waals surface area contributed by atoms with Gasteiger partial charge in [0.05, 0.1) is 12.1 Å². The van der Waals surface area contributed by atoms with Gasteiger partial charge in [-0.05, 0) is 24.6 Å². The summed E-state index contributed by atoms with van der Waals surface area (Å²) in [6.45, 7) is 2.71. The van der Waals surface area contributed by atoms with Crippen LogP contribution in [-0.2, 0) is 19.3 Å². The lowest BCUT2D eigenvalue weighted by molar-refractivity contribution is -0.138. The third-order valence-corrected chi connectivity index (χ3v) is 2.98. The molecule has 20 heavy (non-hydrogen) atoms. The monoisotopic (exact) mass is 283 g/mol. The van der Waals surface area contributed by atoms with Gasteiger partial charge in [0.2, 0.25) is 0 Å². The third-order valence-electron chi connectivity index (χ3n) is 2.98. The SMILES string of the molecule is CC(Cn1cccn1)NCc1ccccc1C(F)(F)F. The van der Waals surface area contributed by atoms with Crippen LogP contribution in [0.4, 0.5) is 13.2 Å². The predicted octanol–water partition coefficient (Wildman–Crippen LogP) is 3.08. The first kappa shape index (κ1) is 14.6. The molecule has 0 bridgehead atoms. The maximum absolute atomic E-state index is 12.8. The molecule has 0 aliphatic carbocycles. The molecular formula is C14H16F3N3. The lowest BCUT2D eigenvalue weighted by atomic mass is 10.1. The Kier molecular flexibility index (Phi) is 4.44. The van der Waals surface area contributed by atoms with E-state index >= 15 is 0 Å². The number of nitrogens with one attached hydrogen (secondary N) is 1. The Hall–Kier alpha value is -1.82. The summed E-state index contributed by atoms with van der Waals surface area (Å²) >= 11 is 0. The number of alkyl halides is 3. The van der Waals surface area contributed by atoms with Gasteiger partial charge in [-0.2, -0.15) is 18.3 Å². The van der Waals surface area contributed by atoms with Crippen LogP contribution in [0.3, 0.4) is 0 Å². The van der Waals surface area contributed by atoms with Crippen molar-refractivity contribution < 1.29 is 13.2 Å². The van der Waals surface area contributed by atoms with Crippen molar-refractivity contribution in [2.24, 2.45) is 0 Å². The summed E-state index contributed by atoms with van der Waals surface area (Å²) < 4.78 is 40.3. The Balaban J connectivity index is 1.97. The van der Waals surface area contributed by atoms with Crippen molar-refractivity contribution in [2.75, 3.05) is 0 Å². The van der Waals surface area contributed by atoms with Gasteiger partial charge in [0, 0.05) is 25.0 Å². The van der Waals surface area contributed by atoms with Gasteiger partial charge < -0.3 is 5.32 Å². The molecular weight excluding hydrogens is 267 g/mol. The third kappa shape index (κ3) is 3.84. The van der Waals surface area contributed by atoms with E-state index in [4.69, 9.17) is 0 Å². The zero-order valence-electron chi connectivity index (χ0n) is 11.1. The molecule has 0 fully saturated rings. The fourth-order valence-corrected chi connectivity index (χ4v) is 1.99. The van der Waals surface area contributed by atoms with E-state index in [1.807, 2.05) is 19.2 Å². The summed E-state index contributed by atoms with van der Waals surface area (Å²) in [5, 5.41) is 7.15. The maximum Gasteiger partial charge on any atom is 0.416 e. The van der Waals surface area contributed by atoms with Gasteiger partial charge in [0.25, 0.3) is 0 Å². The van der Waals surface area contributed by atoms with Crippen molar-refractivity contribution in [3.63, 3.8) is 0 Å². The zero-order valence-corrected chi connectivity index (χ0v) is 11.1. The Morgan fingerprint density at radius 2 is 2.00 bits per heavy atom. The summed E-state index contributed by atoms with van der Waals surface area (Å²) in [6, 6.07) is 7.46. The standard InChI is InChI=1S/C14H16F3N3/c1-11(10-20-8-4-7-19-20)18-9-12-5-2-3-6-13(12)14(15,16)17/h2-8,11,18H,9-10H2,1H3. The Morgan fingerprint density at radius 3 is 2.65 bits per heavy atom. The summed E-state index contributed by atoms with van der Waals surface area (Å²) in [5.41, 5.74) is -0.328. The topological polar surface area (TPSA) is 29.9 Å². The average molecular weight is 283 g/mol. The summed E-state index contributed by atoms with van der Waals surface area (Å²) in [7, 11) is 0. The van der Waals surface area contributed by atoms with Crippen LogP contribution in [-0.4, -0.2) is 15.8 Å². The molecule has 0 aliphatic rings. The quantitative estimate of drug-likeness (QED) is 0.914. The van der Waals surface area contributed by atoms with E-state index < -0.39 is 11.7 Å². The lowest BCUT2D eigenvalue weighted by Gasteiger charge is -2.17. The minimum atomic E-state index is -4.32. The number of hydrogen-bond acceptors (Lipinski definition) is 2. The van der Waals surface area contributed by atoms with Crippen molar-refractivity contribution >= 4 is 0 Å². The fourth-order valence-electron chi connectivity index (χ4n) is 1.99. The molecule has 0 saturated heterocycles. The van der Waals surface area contributed by atoms with Crippen LogP contribution in [0, 0.1) is 0 Å². The van der Waals surface area contributed by atoms with Gasteiger partial charge in [-0.15, -0.1) is 0 Å². The number of hydrogen-bond donors (Lipinski definition) is 1. The van der Waals surface area contributed by atoms with Crippen LogP contribution in [0.15, 0.2) is 42.7 Å². The van der Waals surface area contributed by atoms with E-state index in [2.05, 4.69) is 10.4 Å². The van der Waals surface area contributed by atoms with Crippen molar-refractivity contribution in [3.8, 4) is 0 Å². The van der Waals surface area contributed by atoms with E-state index in [9.17, 15) is 13.2 Å². The van der Waals surface area contributed by atoms with Gasteiger partial charge >= 0.3 is 6.18 Å². The second kappa shape index (κ2) is 6.09. The molecule has 1 atom stereocenters. The highest BCUT2D eigenvalue weighted by Crippen LogP contribution is 2.31. The van der Waals surface area contributed by atoms with Gasteiger partial charge in [0.1, 0.15) is 0 Å². The molecule has 6 heteroatoms. The highest BCUT2D eigenvalue weighted by molar-refractivity contribution is 5.29. The first-order chi connectivity index (χ1) is 9.47. The highest BCUT2D eigenvalue weighted by atomic mass is 19.4. The number of halogens is 3. The van der Waals surface area contributed by atoms with Crippen molar-refractivity contribution in [1.82, 2.24) is 15.1 Å². The molecule has 2 rings (SSSR count). The van der Waals surface area contributed by atoms with Gasteiger partial charge in [-0.25, -0.2) is 0 Å². The molecule has 2 aromatic rings. The maximum atomic E-state index is 12.8. The number of nitrogens with zero attached hydrogens (tertiary/aromatic N) is 2. The minimum absolute atomic E-state index is 0.0242. The molecule has 1 aromatic heterocycles. The Bertz CT molecular complexity index is 535. The van der Waals surface area contributed by atoms with Crippen LogP contribution in [0.5, 0.6) is 0 Å². The second-order valence-electron chi connectivity index (χ2n) is 4.66. The lowest BCUT2D eigenvalue weighted by Crippen LogP contribution is -2.30. The molecule has 0 spiro atoms. The average Bonchev–Trinajstić information content (AvgIpc) is 2.88. The molecule has 1 heterocycles. The molecule has 0 amide bonds.